The third-order valence-corrected chi connectivity index (χ3v) is 8.98. The summed E-state index contributed by atoms with van der Waals surface area (Å²) in [5.41, 5.74) is 0.923. The molecule has 0 bridgehead atoms. The summed E-state index contributed by atoms with van der Waals surface area (Å²) in [6, 6.07) is 15.4. The minimum absolute atomic E-state index is 0.0711. The van der Waals surface area contributed by atoms with E-state index >= 15 is 0 Å². The van der Waals surface area contributed by atoms with Crippen molar-refractivity contribution in [3.8, 4) is 10.7 Å². The first-order chi connectivity index (χ1) is 14.6. The minimum atomic E-state index is -3.44. The van der Waals surface area contributed by atoms with Crippen molar-refractivity contribution >= 4 is 49.4 Å². The highest BCUT2D eigenvalue weighted by Gasteiger charge is 2.27. The van der Waals surface area contributed by atoms with E-state index in [0.717, 1.165) is 53.4 Å². The monoisotopic (exact) mass is 456 g/mol. The number of sulfonamides is 1. The van der Waals surface area contributed by atoms with Gasteiger partial charge in [-0.2, -0.15) is 0 Å². The van der Waals surface area contributed by atoms with Crippen LogP contribution in [0.1, 0.15) is 12.8 Å². The van der Waals surface area contributed by atoms with Gasteiger partial charge in [-0.25, -0.2) is 23.1 Å². The maximum atomic E-state index is 12.5. The maximum Gasteiger partial charge on any atom is 0.250 e. The molecule has 1 aromatic carbocycles. The Kier molecular flexibility index (Phi) is 5.28. The zero-order valence-corrected chi connectivity index (χ0v) is 18.5. The molecule has 1 saturated heterocycles. The molecule has 0 atom stereocenters. The minimum Gasteiger partial charge on any atom is -0.356 e. The van der Waals surface area contributed by atoms with Crippen LogP contribution in [-0.4, -0.2) is 37.5 Å². The lowest BCUT2D eigenvalue weighted by molar-refractivity contribution is 0.459. The molecule has 1 fully saturated rings. The van der Waals surface area contributed by atoms with Gasteiger partial charge in [0, 0.05) is 24.5 Å². The Morgan fingerprint density at radius 3 is 2.43 bits per heavy atom. The van der Waals surface area contributed by atoms with E-state index in [2.05, 4.69) is 15.7 Å². The van der Waals surface area contributed by atoms with Crippen LogP contribution < -0.4 is 9.62 Å². The lowest BCUT2D eigenvalue weighted by atomic mass is 10.1. The van der Waals surface area contributed by atoms with Crippen LogP contribution in [-0.2, 0) is 10.0 Å². The van der Waals surface area contributed by atoms with Crippen molar-refractivity contribution in [3.63, 3.8) is 0 Å². The van der Waals surface area contributed by atoms with Crippen molar-refractivity contribution in [2.24, 2.45) is 0 Å². The summed E-state index contributed by atoms with van der Waals surface area (Å²) in [6.45, 7) is 1.48. The van der Waals surface area contributed by atoms with Crippen molar-refractivity contribution in [3.05, 3.63) is 59.3 Å². The number of nitrogens with one attached hydrogen (secondary N) is 1. The average Bonchev–Trinajstić information content (AvgIpc) is 3.48. The molecule has 9 heteroatoms. The molecule has 0 amide bonds. The summed E-state index contributed by atoms with van der Waals surface area (Å²) in [5.74, 6) is 1.66. The summed E-state index contributed by atoms with van der Waals surface area (Å²) in [4.78, 5) is 12.9. The number of nitrogens with zero attached hydrogens (tertiary/aromatic N) is 3. The van der Waals surface area contributed by atoms with Crippen LogP contribution in [0.2, 0.25) is 0 Å². The van der Waals surface area contributed by atoms with Crippen LogP contribution in [0.3, 0.4) is 0 Å². The van der Waals surface area contributed by atoms with E-state index < -0.39 is 10.0 Å². The fraction of sp³-hybridized carbons (Fsp3) is 0.238. The molecule has 30 heavy (non-hydrogen) atoms. The van der Waals surface area contributed by atoms with E-state index in [9.17, 15) is 8.42 Å². The average molecular weight is 457 g/mol. The van der Waals surface area contributed by atoms with Gasteiger partial charge < -0.3 is 4.90 Å². The molecular weight excluding hydrogens is 436 g/mol. The standard InChI is InChI=1S/C21H20N4O2S3/c26-30(27,19-8-4-14-29-19)24-15-9-11-25(12-10-15)21-16-5-1-2-6-17(16)22-20(23-21)18-7-3-13-28-18/h1-8,13-15,24H,9-12H2. The molecule has 5 rings (SSSR count). The first-order valence-electron chi connectivity index (χ1n) is 9.71. The topological polar surface area (TPSA) is 75.2 Å². The largest absolute Gasteiger partial charge is 0.356 e. The lowest BCUT2D eigenvalue weighted by Crippen LogP contribution is -2.44. The third-order valence-electron chi connectivity index (χ3n) is 5.20. The van der Waals surface area contributed by atoms with E-state index in [1.54, 1.807) is 28.8 Å². The first kappa shape index (κ1) is 19.6. The fourth-order valence-electron chi connectivity index (χ4n) is 3.72. The molecule has 1 aliphatic rings. The lowest BCUT2D eigenvalue weighted by Gasteiger charge is -2.33. The maximum absolute atomic E-state index is 12.5. The van der Waals surface area contributed by atoms with Crippen molar-refractivity contribution < 1.29 is 8.42 Å². The predicted molar refractivity (Wildman–Crippen MR) is 123 cm³/mol. The second kappa shape index (κ2) is 8.07. The number of hydrogen-bond donors (Lipinski definition) is 1. The molecule has 4 aromatic rings. The smallest absolute Gasteiger partial charge is 0.250 e. The van der Waals surface area contributed by atoms with Crippen molar-refractivity contribution in [1.29, 1.82) is 0 Å². The van der Waals surface area contributed by atoms with Crippen LogP contribution >= 0.6 is 22.7 Å². The van der Waals surface area contributed by atoms with Gasteiger partial charge in [-0.3, -0.25) is 0 Å². The number of thiophene rings is 2. The van der Waals surface area contributed by atoms with Gasteiger partial charge in [0.05, 0.1) is 10.4 Å². The molecule has 3 aromatic heterocycles. The quantitative estimate of drug-likeness (QED) is 0.483. The molecule has 0 unspecified atom stereocenters. The number of hydrogen-bond acceptors (Lipinski definition) is 7. The van der Waals surface area contributed by atoms with E-state index in [0.29, 0.717) is 4.21 Å². The molecular formula is C21H20N4O2S3. The summed E-state index contributed by atoms with van der Waals surface area (Å²) < 4.78 is 28.3. The summed E-state index contributed by atoms with van der Waals surface area (Å²) >= 11 is 2.87. The van der Waals surface area contributed by atoms with Gasteiger partial charge in [-0.15, -0.1) is 22.7 Å². The zero-order valence-electron chi connectivity index (χ0n) is 16.1. The molecule has 0 aliphatic carbocycles. The highest BCUT2D eigenvalue weighted by molar-refractivity contribution is 7.91. The highest BCUT2D eigenvalue weighted by Crippen LogP contribution is 2.31. The number of rotatable bonds is 5. The Labute approximate surface area is 183 Å². The number of aromatic nitrogens is 2. The van der Waals surface area contributed by atoms with Crippen LogP contribution in [0.15, 0.2) is 63.5 Å². The van der Waals surface area contributed by atoms with Crippen LogP contribution in [0.25, 0.3) is 21.6 Å². The van der Waals surface area contributed by atoms with E-state index in [1.807, 2.05) is 35.7 Å². The van der Waals surface area contributed by atoms with Crippen molar-refractivity contribution in [2.45, 2.75) is 23.1 Å². The molecule has 0 radical (unpaired) electrons. The summed E-state index contributed by atoms with van der Waals surface area (Å²) in [7, 11) is -3.44. The van der Waals surface area contributed by atoms with E-state index in [4.69, 9.17) is 9.97 Å². The highest BCUT2D eigenvalue weighted by atomic mass is 32.2. The Balaban J connectivity index is 1.38. The number of fused-ring (bicyclic) bond motifs is 1. The SMILES string of the molecule is O=S(=O)(NC1CCN(c2nc(-c3cccs3)nc3ccccc23)CC1)c1cccs1. The Morgan fingerprint density at radius 2 is 1.70 bits per heavy atom. The Morgan fingerprint density at radius 1 is 0.933 bits per heavy atom. The molecule has 0 spiro atoms. The van der Waals surface area contributed by atoms with Crippen molar-refractivity contribution in [2.75, 3.05) is 18.0 Å². The molecule has 1 aliphatic heterocycles. The van der Waals surface area contributed by atoms with Crippen molar-refractivity contribution in [1.82, 2.24) is 14.7 Å². The molecule has 6 nitrogen and oxygen atoms in total. The third kappa shape index (κ3) is 3.85. The van der Waals surface area contributed by atoms with Gasteiger partial charge in [0.1, 0.15) is 10.0 Å². The second-order valence-electron chi connectivity index (χ2n) is 7.18. The predicted octanol–water partition coefficient (Wildman–Crippen LogP) is 4.37. The fourth-order valence-corrected chi connectivity index (χ4v) is 6.69. The number of anilines is 1. The van der Waals surface area contributed by atoms with Crippen LogP contribution in [0, 0.1) is 0 Å². The molecule has 0 saturated carbocycles. The number of para-hydroxylation sites is 1. The van der Waals surface area contributed by atoms with Crippen LogP contribution in [0.4, 0.5) is 5.82 Å². The molecule has 4 heterocycles. The zero-order chi connectivity index (χ0) is 20.6. The number of benzene rings is 1. The van der Waals surface area contributed by atoms with Gasteiger partial charge in [-0.1, -0.05) is 24.3 Å². The van der Waals surface area contributed by atoms with Gasteiger partial charge >= 0.3 is 0 Å². The van der Waals surface area contributed by atoms with Gasteiger partial charge in [0.15, 0.2) is 5.82 Å². The van der Waals surface area contributed by atoms with Gasteiger partial charge in [-0.05, 0) is 47.9 Å². The van der Waals surface area contributed by atoms with Crippen LogP contribution in [0.5, 0.6) is 0 Å². The molecule has 1 N–H and O–H groups in total. The normalized spacial score (nSPS) is 15.7. The van der Waals surface area contributed by atoms with E-state index in [-0.39, 0.29) is 6.04 Å². The number of piperidine rings is 1. The second-order valence-corrected chi connectivity index (χ2v) is 11.0. The van der Waals surface area contributed by atoms with Gasteiger partial charge in [0.25, 0.3) is 0 Å². The summed E-state index contributed by atoms with van der Waals surface area (Å²) in [5, 5.41) is 4.83. The summed E-state index contributed by atoms with van der Waals surface area (Å²) in [6.07, 6.45) is 1.47. The van der Waals surface area contributed by atoms with Gasteiger partial charge in [0.2, 0.25) is 10.0 Å². The van der Waals surface area contributed by atoms with E-state index in [1.165, 1.54) is 11.3 Å². The Hall–Kier alpha value is -2.33. The molecule has 154 valence electrons. The Bertz CT molecular complexity index is 1250. The first-order valence-corrected chi connectivity index (χ1v) is 13.0.